The van der Waals surface area contributed by atoms with Crippen molar-refractivity contribution in [2.75, 3.05) is 24.8 Å². The Labute approximate surface area is 156 Å². The Morgan fingerprint density at radius 3 is 2.78 bits per heavy atom. The Morgan fingerprint density at radius 2 is 1.96 bits per heavy atom. The highest BCUT2D eigenvalue weighted by Gasteiger charge is 2.23. The van der Waals surface area contributed by atoms with Crippen molar-refractivity contribution in [3.63, 3.8) is 0 Å². The molecular weight excluding hydrogens is 370 g/mol. The Morgan fingerprint density at radius 1 is 1.15 bits per heavy atom. The van der Waals surface area contributed by atoms with Crippen LogP contribution in [0.5, 0.6) is 11.5 Å². The summed E-state index contributed by atoms with van der Waals surface area (Å²) >= 11 is 0. The molecule has 1 amide bonds. The predicted molar refractivity (Wildman–Crippen MR) is 98.1 cm³/mol. The van der Waals surface area contributed by atoms with Crippen molar-refractivity contribution < 1.29 is 22.7 Å². The molecule has 0 saturated carbocycles. The molecule has 2 aliphatic rings. The molecular formula is C18H19N3O5S. The molecule has 2 aromatic carbocycles. The number of benzene rings is 2. The van der Waals surface area contributed by atoms with Crippen molar-refractivity contribution >= 4 is 21.6 Å². The molecule has 0 spiro atoms. The minimum atomic E-state index is -3.73. The van der Waals surface area contributed by atoms with E-state index in [0.29, 0.717) is 31.0 Å². The van der Waals surface area contributed by atoms with Crippen LogP contribution in [-0.4, -0.2) is 34.2 Å². The number of carbonyl (C=O) groups is 1. The monoisotopic (exact) mass is 389 g/mol. The van der Waals surface area contributed by atoms with Crippen molar-refractivity contribution in [2.45, 2.75) is 17.9 Å². The predicted octanol–water partition coefficient (Wildman–Crippen LogP) is 0.742. The van der Waals surface area contributed by atoms with E-state index in [9.17, 15) is 13.2 Å². The Balaban J connectivity index is 1.37. The minimum absolute atomic E-state index is 0.0929. The first kappa shape index (κ1) is 17.6. The topological polar surface area (TPSA) is 111 Å². The molecule has 0 aromatic heterocycles. The molecule has 2 heterocycles. The van der Waals surface area contributed by atoms with E-state index in [-0.39, 0.29) is 24.1 Å². The van der Waals surface area contributed by atoms with E-state index in [0.717, 1.165) is 16.8 Å². The number of nitrogens with zero attached hydrogens (tertiary/aromatic N) is 1. The van der Waals surface area contributed by atoms with Gasteiger partial charge in [0.05, 0.1) is 11.4 Å². The number of hydrogen-bond acceptors (Lipinski definition) is 6. The molecule has 4 rings (SSSR count). The third-order valence-corrected chi connectivity index (χ3v) is 5.54. The number of hydrogen-bond donors (Lipinski definition) is 2. The molecule has 142 valence electrons. The number of rotatable bonds is 5. The summed E-state index contributed by atoms with van der Waals surface area (Å²) in [7, 11) is -3.73. The first-order chi connectivity index (χ1) is 12.9. The highest BCUT2D eigenvalue weighted by Crippen LogP contribution is 2.32. The van der Waals surface area contributed by atoms with Crippen LogP contribution in [0.25, 0.3) is 0 Å². The summed E-state index contributed by atoms with van der Waals surface area (Å²) in [4.78, 5) is 14.3. The van der Waals surface area contributed by atoms with E-state index in [1.54, 1.807) is 12.1 Å². The normalized spacial score (nSPS) is 14.9. The molecule has 2 aromatic rings. The van der Waals surface area contributed by atoms with Gasteiger partial charge in [0.15, 0.2) is 11.5 Å². The standard InChI is InChI=1S/C18H19N3O5S/c19-27(23,24)14-2-3-15-13(8-14)5-6-21(15)10-18(22)20-9-12-1-4-16-17(7-12)26-11-25-16/h1-4,7-8H,5-6,9-11H2,(H,20,22)(H2,19,23,24). The number of anilines is 1. The second kappa shape index (κ2) is 6.75. The van der Waals surface area contributed by atoms with Crippen LogP contribution in [0.1, 0.15) is 11.1 Å². The maximum atomic E-state index is 12.3. The third kappa shape index (κ3) is 3.69. The van der Waals surface area contributed by atoms with Gasteiger partial charge in [-0.25, -0.2) is 13.6 Å². The zero-order valence-electron chi connectivity index (χ0n) is 14.5. The van der Waals surface area contributed by atoms with Crippen LogP contribution >= 0.6 is 0 Å². The molecule has 0 radical (unpaired) electrons. The van der Waals surface area contributed by atoms with E-state index >= 15 is 0 Å². The Kier molecular flexibility index (Phi) is 4.40. The van der Waals surface area contributed by atoms with Crippen LogP contribution in [-0.2, 0) is 27.8 Å². The highest BCUT2D eigenvalue weighted by molar-refractivity contribution is 7.89. The number of carbonyl (C=O) groups excluding carboxylic acids is 1. The average molecular weight is 389 g/mol. The fourth-order valence-corrected chi connectivity index (χ4v) is 3.83. The van der Waals surface area contributed by atoms with E-state index in [1.165, 1.54) is 6.07 Å². The van der Waals surface area contributed by atoms with E-state index in [4.69, 9.17) is 14.6 Å². The van der Waals surface area contributed by atoms with Gasteiger partial charge in [0.2, 0.25) is 22.7 Å². The number of ether oxygens (including phenoxy) is 2. The van der Waals surface area contributed by atoms with Crippen molar-refractivity contribution in [1.82, 2.24) is 5.32 Å². The lowest BCUT2D eigenvalue weighted by atomic mass is 10.2. The quantitative estimate of drug-likeness (QED) is 0.780. The maximum Gasteiger partial charge on any atom is 0.239 e. The lowest BCUT2D eigenvalue weighted by Gasteiger charge is -2.19. The van der Waals surface area contributed by atoms with E-state index in [1.807, 2.05) is 23.1 Å². The second-order valence-corrected chi connectivity index (χ2v) is 8.03. The van der Waals surface area contributed by atoms with Gasteiger partial charge in [0, 0.05) is 18.8 Å². The summed E-state index contributed by atoms with van der Waals surface area (Å²) in [5, 5.41) is 8.06. The number of fused-ring (bicyclic) bond motifs is 2. The summed E-state index contributed by atoms with van der Waals surface area (Å²) in [6, 6.07) is 10.3. The zero-order valence-corrected chi connectivity index (χ0v) is 15.3. The van der Waals surface area contributed by atoms with Crippen LogP contribution in [0.3, 0.4) is 0 Å². The third-order valence-electron chi connectivity index (χ3n) is 4.63. The number of nitrogens with one attached hydrogen (secondary N) is 1. The van der Waals surface area contributed by atoms with Crippen molar-refractivity contribution in [3.05, 3.63) is 47.5 Å². The van der Waals surface area contributed by atoms with Crippen molar-refractivity contribution in [2.24, 2.45) is 5.14 Å². The molecule has 0 unspecified atom stereocenters. The van der Waals surface area contributed by atoms with Gasteiger partial charge in [0.25, 0.3) is 0 Å². The van der Waals surface area contributed by atoms with Gasteiger partial charge in [-0.2, -0.15) is 0 Å². The summed E-state index contributed by atoms with van der Waals surface area (Å²) in [5.74, 6) is 1.27. The Hall–Kier alpha value is -2.78. The lowest BCUT2D eigenvalue weighted by Crippen LogP contribution is -2.36. The molecule has 27 heavy (non-hydrogen) atoms. The van der Waals surface area contributed by atoms with Gasteiger partial charge in [-0.05, 0) is 47.9 Å². The maximum absolute atomic E-state index is 12.3. The SMILES string of the molecule is NS(=O)(=O)c1ccc2c(c1)CCN2CC(=O)NCc1ccc2c(c1)OCO2. The number of sulfonamides is 1. The van der Waals surface area contributed by atoms with E-state index < -0.39 is 10.0 Å². The van der Waals surface area contributed by atoms with Crippen LogP contribution in [0.2, 0.25) is 0 Å². The molecule has 3 N–H and O–H groups in total. The molecule has 0 atom stereocenters. The summed E-state index contributed by atoms with van der Waals surface area (Å²) in [6.07, 6.45) is 0.675. The van der Waals surface area contributed by atoms with Crippen molar-refractivity contribution in [1.29, 1.82) is 0 Å². The zero-order chi connectivity index (χ0) is 19.0. The average Bonchev–Trinajstić information content (AvgIpc) is 3.25. The highest BCUT2D eigenvalue weighted by atomic mass is 32.2. The summed E-state index contributed by atoms with van der Waals surface area (Å²) < 4.78 is 33.5. The first-order valence-corrected chi connectivity index (χ1v) is 10.0. The fourth-order valence-electron chi connectivity index (χ4n) is 3.27. The van der Waals surface area contributed by atoms with Crippen LogP contribution in [0, 0.1) is 0 Å². The van der Waals surface area contributed by atoms with Gasteiger partial charge < -0.3 is 19.7 Å². The lowest BCUT2D eigenvalue weighted by molar-refractivity contribution is -0.119. The van der Waals surface area contributed by atoms with Gasteiger partial charge in [0.1, 0.15) is 0 Å². The van der Waals surface area contributed by atoms with Crippen LogP contribution in [0.4, 0.5) is 5.69 Å². The number of nitrogens with two attached hydrogens (primary N) is 1. The van der Waals surface area contributed by atoms with Crippen molar-refractivity contribution in [3.8, 4) is 11.5 Å². The smallest absolute Gasteiger partial charge is 0.239 e. The Bertz CT molecular complexity index is 1010. The minimum Gasteiger partial charge on any atom is -0.454 e. The molecule has 0 aliphatic carbocycles. The molecule has 9 heteroatoms. The number of primary sulfonamides is 1. The molecule has 2 aliphatic heterocycles. The van der Waals surface area contributed by atoms with Crippen LogP contribution in [0.15, 0.2) is 41.3 Å². The van der Waals surface area contributed by atoms with Gasteiger partial charge in [-0.15, -0.1) is 0 Å². The molecule has 0 fully saturated rings. The first-order valence-electron chi connectivity index (χ1n) is 8.46. The largest absolute Gasteiger partial charge is 0.454 e. The van der Waals surface area contributed by atoms with Gasteiger partial charge >= 0.3 is 0 Å². The second-order valence-electron chi connectivity index (χ2n) is 6.47. The summed E-state index contributed by atoms with van der Waals surface area (Å²) in [6.45, 7) is 1.46. The molecule has 0 bridgehead atoms. The molecule has 8 nitrogen and oxygen atoms in total. The van der Waals surface area contributed by atoms with Gasteiger partial charge in [-0.3, -0.25) is 4.79 Å². The molecule has 0 saturated heterocycles. The summed E-state index contributed by atoms with van der Waals surface area (Å²) in [5.41, 5.74) is 2.66. The van der Waals surface area contributed by atoms with E-state index in [2.05, 4.69) is 5.32 Å². The number of amides is 1. The fraction of sp³-hybridized carbons (Fsp3) is 0.278. The van der Waals surface area contributed by atoms with Gasteiger partial charge in [-0.1, -0.05) is 6.07 Å². The van der Waals surface area contributed by atoms with Crippen LogP contribution < -0.4 is 24.8 Å².